The fourth-order valence-electron chi connectivity index (χ4n) is 2.25. The van der Waals surface area contributed by atoms with Gasteiger partial charge in [-0.1, -0.05) is 12.1 Å². The number of rotatable bonds is 3. The number of halogens is 3. The molecule has 8 heteroatoms. The molecule has 0 spiro atoms. The number of hydrogen-bond acceptors (Lipinski definition) is 4. The molecular weight excluding hydrogens is 351 g/mol. The molecule has 4 nitrogen and oxygen atoms in total. The van der Waals surface area contributed by atoms with E-state index in [1.54, 1.807) is 24.5 Å². The summed E-state index contributed by atoms with van der Waals surface area (Å²) in [4.78, 5) is 12.9. The van der Waals surface area contributed by atoms with Crippen LogP contribution in [0.15, 0.2) is 59.9 Å². The molecule has 0 aliphatic rings. The van der Waals surface area contributed by atoms with Crippen LogP contribution < -0.4 is 0 Å². The van der Waals surface area contributed by atoms with Crippen molar-refractivity contribution in [3.8, 4) is 22.6 Å². The van der Waals surface area contributed by atoms with Gasteiger partial charge in [0.25, 0.3) is 0 Å². The highest BCUT2D eigenvalue weighted by Crippen LogP contribution is 2.32. The van der Waals surface area contributed by atoms with E-state index in [9.17, 15) is 17.4 Å². The average Bonchev–Trinajstić information content (AvgIpc) is 2.61. The van der Waals surface area contributed by atoms with Crippen molar-refractivity contribution in [2.24, 2.45) is 0 Å². The predicted molar refractivity (Wildman–Crippen MR) is 88.0 cm³/mol. The van der Waals surface area contributed by atoms with E-state index < -0.39 is 22.5 Å². The van der Waals surface area contributed by atoms with Gasteiger partial charge in [0.2, 0.25) is 0 Å². The van der Waals surface area contributed by atoms with E-state index in [4.69, 9.17) is 0 Å². The first-order chi connectivity index (χ1) is 11.9. The third-order valence-corrected chi connectivity index (χ3v) is 4.41. The molecule has 0 aliphatic heterocycles. The van der Waals surface area contributed by atoms with E-state index in [1.165, 1.54) is 24.6 Å². The summed E-state index contributed by atoms with van der Waals surface area (Å²) < 4.78 is 50.2. The molecule has 25 heavy (non-hydrogen) atoms. The molecule has 0 fully saturated rings. The lowest BCUT2D eigenvalue weighted by atomic mass is 10.1. The summed E-state index contributed by atoms with van der Waals surface area (Å²) in [5.74, 6) is 0.381. The highest BCUT2D eigenvalue weighted by molar-refractivity contribution is 7.84. The van der Waals surface area contributed by atoms with Crippen LogP contribution in [0.25, 0.3) is 22.6 Å². The zero-order valence-corrected chi connectivity index (χ0v) is 13.8. The Morgan fingerprint density at radius 1 is 0.960 bits per heavy atom. The average molecular weight is 363 g/mol. The van der Waals surface area contributed by atoms with Crippen molar-refractivity contribution in [3.05, 3.63) is 60.6 Å². The van der Waals surface area contributed by atoms with Gasteiger partial charge < -0.3 is 0 Å². The van der Waals surface area contributed by atoms with Crippen LogP contribution in [0.1, 0.15) is 5.56 Å². The van der Waals surface area contributed by atoms with Gasteiger partial charge in [-0.2, -0.15) is 13.2 Å². The van der Waals surface area contributed by atoms with Crippen LogP contribution in [0.2, 0.25) is 0 Å². The minimum absolute atomic E-state index is 0.344. The Labute approximate surface area is 144 Å². The van der Waals surface area contributed by atoms with Gasteiger partial charge in [0, 0.05) is 36.0 Å². The first-order valence-corrected chi connectivity index (χ1v) is 8.70. The van der Waals surface area contributed by atoms with Crippen molar-refractivity contribution in [2.75, 3.05) is 6.26 Å². The van der Waals surface area contributed by atoms with Crippen LogP contribution in [0, 0.1) is 0 Å². The minimum Gasteiger partial charge on any atom is -0.265 e. The van der Waals surface area contributed by atoms with E-state index in [0.29, 0.717) is 27.5 Å². The quantitative estimate of drug-likeness (QED) is 0.707. The first kappa shape index (κ1) is 17.2. The Kier molecular flexibility index (Phi) is 4.63. The normalized spacial score (nSPS) is 12.8. The van der Waals surface area contributed by atoms with Gasteiger partial charge >= 0.3 is 6.18 Å². The molecule has 0 N–H and O–H groups in total. The van der Waals surface area contributed by atoms with Crippen LogP contribution in [-0.4, -0.2) is 25.4 Å². The van der Waals surface area contributed by atoms with Gasteiger partial charge in [0.05, 0.1) is 27.0 Å². The van der Waals surface area contributed by atoms with Gasteiger partial charge in [0.15, 0.2) is 5.82 Å². The lowest BCUT2D eigenvalue weighted by molar-refractivity contribution is -0.137. The Morgan fingerprint density at radius 3 is 2.16 bits per heavy atom. The van der Waals surface area contributed by atoms with Crippen molar-refractivity contribution in [2.45, 2.75) is 11.1 Å². The second-order valence-corrected chi connectivity index (χ2v) is 6.52. The van der Waals surface area contributed by atoms with Gasteiger partial charge in [-0.15, -0.1) is 0 Å². The van der Waals surface area contributed by atoms with Crippen LogP contribution in [0.5, 0.6) is 0 Å². The van der Waals surface area contributed by atoms with E-state index in [0.717, 1.165) is 12.1 Å². The number of aromatic nitrogens is 3. The van der Waals surface area contributed by atoms with Crippen molar-refractivity contribution in [3.63, 3.8) is 0 Å². The molecule has 0 saturated carbocycles. The smallest absolute Gasteiger partial charge is 0.265 e. The van der Waals surface area contributed by atoms with E-state index >= 15 is 0 Å². The lowest BCUT2D eigenvalue weighted by Gasteiger charge is -2.11. The van der Waals surface area contributed by atoms with Gasteiger partial charge in [-0.05, 0) is 24.3 Å². The summed E-state index contributed by atoms with van der Waals surface area (Å²) >= 11 is 0. The van der Waals surface area contributed by atoms with Crippen molar-refractivity contribution in [1.29, 1.82) is 0 Å². The number of alkyl halides is 3. The Balaban J connectivity index is 2.11. The SMILES string of the molecule is CS(=O)c1cnc(-c2ccncc2)nc1-c1ccc(C(F)(F)F)cc1. The lowest BCUT2D eigenvalue weighted by Crippen LogP contribution is -2.05. The predicted octanol–water partition coefficient (Wildman–Crippen LogP) is 3.96. The van der Waals surface area contributed by atoms with E-state index in [-0.39, 0.29) is 0 Å². The molecule has 0 bridgehead atoms. The molecule has 1 atom stereocenters. The van der Waals surface area contributed by atoms with Crippen LogP contribution in [0.4, 0.5) is 13.2 Å². The van der Waals surface area contributed by atoms with Crippen molar-refractivity contribution >= 4 is 10.8 Å². The van der Waals surface area contributed by atoms with Gasteiger partial charge in [-0.3, -0.25) is 9.19 Å². The summed E-state index contributed by atoms with van der Waals surface area (Å²) in [6.07, 6.45) is 1.66. The third kappa shape index (κ3) is 3.74. The number of benzene rings is 1. The number of pyridine rings is 1. The van der Waals surface area contributed by atoms with Crippen molar-refractivity contribution in [1.82, 2.24) is 15.0 Å². The Hall–Kier alpha value is -2.61. The monoisotopic (exact) mass is 363 g/mol. The maximum Gasteiger partial charge on any atom is 0.416 e. The highest BCUT2D eigenvalue weighted by atomic mass is 32.2. The molecule has 0 aliphatic carbocycles. The molecule has 0 amide bonds. The standard InChI is InChI=1S/C17H12F3N3OS/c1-25(24)14-10-22-16(12-6-8-21-9-7-12)23-15(14)11-2-4-13(5-3-11)17(18,19)20/h2-10H,1H3. The van der Waals surface area contributed by atoms with Gasteiger partial charge in [-0.25, -0.2) is 9.97 Å². The van der Waals surface area contributed by atoms with Crippen LogP contribution in [0.3, 0.4) is 0 Å². The molecule has 3 rings (SSSR count). The zero-order chi connectivity index (χ0) is 18.0. The molecule has 2 heterocycles. The highest BCUT2D eigenvalue weighted by Gasteiger charge is 2.30. The minimum atomic E-state index is -4.41. The molecule has 1 aromatic carbocycles. The molecular formula is C17H12F3N3OS. The summed E-state index contributed by atoms with van der Waals surface area (Å²) in [7, 11) is -1.39. The Bertz CT molecular complexity index is 913. The Morgan fingerprint density at radius 2 is 1.60 bits per heavy atom. The second-order valence-electron chi connectivity index (χ2n) is 5.17. The summed E-state index contributed by atoms with van der Waals surface area (Å²) in [6.45, 7) is 0. The van der Waals surface area contributed by atoms with Crippen LogP contribution >= 0.6 is 0 Å². The zero-order valence-electron chi connectivity index (χ0n) is 13.0. The van der Waals surface area contributed by atoms with E-state index in [1.807, 2.05) is 0 Å². The topological polar surface area (TPSA) is 55.7 Å². The maximum atomic E-state index is 12.7. The third-order valence-electron chi connectivity index (χ3n) is 3.49. The van der Waals surface area contributed by atoms with Crippen molar-refractivity contribution < 1.29 is 17.4 Å². The first-order valence-electron chi connectivity index (χ1n) is 7.15. The summed E-state index contributed by atoms with van der Waals surface area (Å²) in [5, 5.41) is 0. The maximum absolute atomic E-state index is 12.7. The molecule has 1 unspecified atom stereocenters. The molecule has 2 aromatic heterocycles. The number of hydrogen-bond donors (Lipinski definition) is 0. The molecule has 3 aromatic rings. The summed E-state index contributed by atoms with van der Waals surface area (Å²) in [6, 6.07) is 8.02. The van der Waals surface area contributed by atoms with E-state index in [2.05, 4.69) is 15.0 Å². The summed E-state index contributed by atoms with van der Waals surface area (Å²) in [5.41, 5.74) is 0.739. The molecule has 0 saturated heterocycles. The number of nitrogens with zero attached hydrogens (tertiary/aromatic N) is 3. The fraction of sp³-hybridized carbons (Fsp3) is 0.118. The fourth-order valence-corrected chi connectivity index (χ4v) is 2.88. The van der Waals surface area contributed by atoms with Crippen LogP contribution in [-0.2, 0) is 17.0 Å². The largest absolute Gasteiger partial charge is 0.416 e. The van der Waals surface area contributed by atoms with Gasteiger partial charge in [0.1, 0.15) is 0 Å². The molecule has 128 valence electrons. The second kappa shape index (κ2) is 6.72. The molecule has 0 radical (unpaired) electrons.